The van der Waals surface area contributed by atoms with E-state index in [0.717, 1.165) is 0 Å². The van der Waals surface area contributed by atoms with Crippen molar-refractivity contribution < 1.29 is 13.2 Å². The Kier molecular flexibility index (Phi) is 6.11. The van der Waals surface area contributed by atoms with Crippen molar-refractivity contribution in [3.05, 3.63) is 24.3 Å². The van der Waals surface area contributed by atoms with Gasteiger partial charge in [0.2, 0.25) is 10.0 Å². The van der Waals surface area contributed by atoms with Gasteiger partial charge in [-0.25, -0.2) is 13.1 Å². The summed E-state index contributed by atoms with van der Waals surface area (Å²) in [5.41, 5.74) is 6.25. The van der Waals surface area contributed by atoms with Gasteiger partial charge in [-0.1, -0.05) is 26.0 Å². The monoisotopic (exact) mass is 286 g/mol. The molecule has 0 heterocycles. The number of nitrogen functional groups attached to an aromatic ring is 1. The minimum absolute atomic E-state index is 0.151. The van der Waals surface area contributed by atoms with Crippen LogP contribution in [0.5, 0.6) is 5.75 Å². The van der Waals surface area contributed by atoms with Gasteiger partial charge in [-0.3, -0.25) is 0 Å². The number of nitrogens with one attached hydrogen (secondary N) is 1. The molecular weight excluding hydrogens is 264 g/mol. The van der Waals surface area contributed by atoms with Gasteiger partial charge in [0.25, 0.3) is 0 Å². The smallest absolute Gasteiger partial charge is 0.211 e. The lowest BCUT2D eigenvalue weighted by molar-refractivity contribution is 0.324. The van der Waals surface area contributed by atoms with E-state index >= 15 is 0 Å². The lowest BCUT2D eigenvalue weighted by atomic mass is 10.2. The number of para-hydroxylation sites is 2. The maximum atomic E-state index is 11.6. The van der Waals surface area contributed by atoms with E-state index in [1.165, 1.54) is 0 Å². The van der Waals surface area contributed by atoms with Crippen LogP contribution < -0.4 is 15.2 Å². The van der Waals surface area contributed by atoms with Gasteiger partial charge >= 0.3 is 0 Å². The van der Waals surface area contributed by atoms with Crippen LogP contribution in [-0.4, -0.2) is 27.3 Å². The predicted octanol–water partition coefficient (Wildman–Crippen LogP) is 1.61. The van der Waals surface area contributed by atoms with Crippen LogP contribution in [0.3, 0.4) is 0 Å². The lowest BCUT2D eigenvalue weighted by Crippen LogP contribution is -2.30. The molecule has 1 rings (SSSR count). The highest BCUT2D eigenvalue weighted by Gasteiger charge is 2.10. The summed E-state index contributed by atoms with van der Waals surface area (Å²) >= 11 is 0. The van der Waals surface area contributed by atoms with E-state index in [1.807, 2.05) is 26.0 Å². The van der Waals surface area contributed by atoms with Crippen molar-refractivity contribution in [2.24, 2.45) is 5.92 Å². The van der Waals surface area contributed by atoms with Crippen molar-refractivity contribution in [1.82, 2.24) is 4.72 Å². The third kappa shape index (κ3) is 6.45. The van der Waals surface area contributed by atoms with E-state index in [9.17, 15) is 8.42 Å². The average molecular weight is 286 g/mol. The summed E-state index contributed by atoms with van der Waals surface area (Å²) < 4.78 is 31.2. The van der Waals surface area contributed by atoms with Crippen LogP contribution in [0.2, 0.25) is 0 Å². The van der Waals surface area contributed by atoms with E-state index in [4.69, 9.17) is 10.5 Å². The molecule has 0 spiro atoms. The Morgan fingerprint density at radius 1 is 1.32 bits per heavy atom. The van der Waals surface area contributed by atoms with Crippen LogP contribution in [-0.2, 0) is 10.0 Å². The van der Waals surface area contributed by atoms with E-state index < -0.39 is 10.0 Å². The Morgan fingerprint density at radius 2 is 2.00 bits per heavy atom. The summed E-state index contributed by atoms with van der Waals surface area (Å²) in [6, 6.07) is 7.13. The Morgan fingerprint density at radius 3 is 2.63 bits per heavy atom. The number of benzene rings is 1. The highest BCUT2D eigenvalue weighted by Crippen LogP contribution is 2.19. The summed E-state index contributed by atoms with van der Waals surface area (Å²) in [6.07, 6.45) is 0.655. The maximum absolute atomic E-state index is 11.6. The molecule has 3 N–H and O–H groups in total. The fourth-order valence-corrected chi connectivity index (χ4v) is 2.75. The van der Waals surface area contributed by atoms with Gasteiger partial charge in [-0.15, -0.1) is 0 Å². The van der Waals surface area contributed by atoms with Gasteiger partial charge in [-0.2, -0.15) is 0 Å². The fourth-order valence-electron chi connectivity index (χ4n) is 1.43. The van der Waals surface area contributed by atoms with Crippen LogP contribution in [0.4, 0.5) is 5.69 Å². The Bertz CT molecular complexity index is 486. The van der Waals surface area contributed by atoms with Crippen LogP contribution >= 0.6 is 0 Å². The molecule has 1 aromatic carbocycles. The summed E-state index contributed by atoms with van der Waals surface area (Å²) in [6.45, 7) is 4.50. The standard InChI is InChI=1S/C13H22N2O3S/c1-11(2)7-10-19(16,17)15-8-9-18-13-6-4-3-5-12(13)14/h3-6,11,15H,7-10,14H2,1-2H3. The molecule has 108 valence electrons. The molecule has 1 aromatic rings. The van der Waals surface area contributed by atoms with Gasteiger partial charge < -0.3 is 10.5 Å². The molecule has 0 atom stereocenters. The first-order chi connectivity index (χ1) is 8.91. The van der Waals surface area contributed by atoms with E-state index in [0.29, 0.717) is 23.8 Å². The number of sulfonamides is 1. The largest absolute Gasteiger partial charge is 0.490 e. The molecule has 0 fully saturated rings. The van der Waals surface area contributed by atoms with Crippen LogP contribution in [0.1, 0.15) is 20.3 Å². The SMILES string of the molecule is CC(C)CCS(=O)(=O)NCCOc1ccccc1N. The third-order valence-electron chi connectivity index (χ3n) is 2.56. The minimum Gasteiger partial charge on any atom is -0.490 e. The van der Waals surface area contributed by atoms with Crippen molar-refractivity contribution in [3.63, 3.8) is 0 Å². The first-order valence-electron chi connectivity index (χ1n) is 6.35. The molecule has 0 radical (unpaired) electrons. The number of hydrogen-bond acceptors (Lipinski definition) is 4. The van der Waals surface area contributed by atoms with Crippen molar-refractivity contribution in [1.29, 1.82) is 0 Å². The van der Waals surface area contributed by atoms with Crippen LogP contribution in [0.25, 0.3) is 0 Å². The number of hydrogen-bond donors (Lipinski definition) is 2. The van der Waals surface area contributed by atoms with E-state index in [2.05, 4.69) is 4.72 Å². The summed E-state index contributed by atoms with van der Waals surface area (Å²) in [5.74, 6) is 1.10. The molecule has 0 aliphatic carbocycles. The quantitative estimate of drug-likeness (QED) is 0.562. The first kappa shape index (κ1) is 15.8. The Balaban J connectivity index is 2.29. The van der Waals surface area contributed by atoms with Gasteiger partial charge in [-0.05, 0) is 24.5 Å². The lowest BCUT2D eigenvalue weighted by Gasteiger charge is -2.10. The highest BCUT2D eigenvalue weighted by molar-refractivity contribution is 7.89. The minimum atomic E-state index is -3.20. The zero-order valence-corrected chi connectivity index (χ0v) is 12.2. The summed E-state index contributed by atoms with van der Waals surface area (Å²) in [5, 5.41) is 0. The molecule has 0 unspecified atom stereocenters. The van der Waals surface area contributed by atoms with Gasteiger partial charge in [0, 0.05) is 6.54 Å². The summed E-state index contributed by atoms with van der Waals surface area (Å²) in [4.78, 5) is 0. The zero-order chi connectivity index (χ0) is 14.3. The second-order valence-corrected chi connectivity index (χ2v) is 6.71. The van der Waals surface area contributed by atoms with Crippen molar-refractivity contribution in [2.45, 2.75) is 20.3 Å². The van der Waals surface area contributed by atoms with Gasteiger partial charge in [0.15, 0.2) is 0 Å². The molecule has 0 saturated carbocycles. The fraction of sp³-hybridized carbons (Fsp3) is 0.538. The number of ether oxygens (including phenoxy) is 1. The van der Waals surface area contributed by atoms with Crippen LogP contribution in [0, 0.1) is 5.92 Å². The average Bonchev–Trinajstić information content (AvgIpc) is 2.34. The predicted molar refractivity (Wildman–Crippen MR) is 77.6 cm³/mol. The molecule has 0 aromatic heterocycles. The molecule has 5 nitrogen and oxygen atoms in total. The van der Waals surface area contributed by atoms with E-state index in [1.54, 1.807) is 12.1 Å². The number of anilines is 1. The molecule has 0 bridgehead atoms. The molecule has 0 aliphatic rings. The molecule has 0 saturated heterocycles. The summed E-state index contributed by atoms with van der Waals surface area (Å²) in [7, 11) is -3.20. The molecule has 0 amide bonds. The van der Waals surface area contributed by atoms with Gasteiger partial charge in [0.1, 0.15) is 12.4 Å². The number of rotatable bonds is 8. The first-order valence-corrected chi connectivity index (χ1v) is 8.00. The molecule has 19 heavy (non-hydrogen) atoms. The Hall–Kier alpha value is -1.27. The second kappa shape index (κ2) is 7.35. The second-order valence-electron chi connectivity index (χ2n) is 4.78. The van der Waals surface area contributed by atoms with E-state index in [-0.39, 0.29) is 18.9 Å². The Labute approximate surface area is 115 Å². The normalized spacial score (nSPS) is 11.7. The third-order valence-corrected chi connectivity index (χ3v) is 3.98. The van der Waals surface area contributed by atoms with Crippen molar-refractivity contribution in [3.8, 4) is 5.75 Å². The molecule has 6 heteroatoms. The molecule has 0 aliphatic heterocycles. The highest BCUT2D eigenvalue weighted by atomic mass is 32.2. The van der Waals surface area contributed by atoms with Gasteiger partial charge in [0.05, 0.1) is 11.4 Å². The maximum Gasteiger partial charge on any atom is 0.211 e. The molecular formula is C13H22N2O3S. The van der Waals surface area contributed by atoms with Crippen LogP contribution in [0.15, 0.2) is 24.3 Å². The van der Waals surface area contributed by atoms with Crippen molar-refractivity contribution >= 4 is 15.7 Å². The number of nitrogens with two attached hydrogens (primary N) is 1. The van der Waals surface area contributed by atoms with Crippen molar-refractivity contribution in [2.75, 3.05) is 24.6 Å². The zero-order valence-electron chi connectivity index (χ0n) is 11.4. The topological polar surface area (TPSA) is 81.4 Å².